The second-order valence-corrected chi connectivity index (χ2v) is 4.10. The summed E-state index contributed by atoms with van der Waals surface area (Å²) in [6.07, 6.45) is 0.928. The molecule has 0 aliphatic carbocycles. The van der Waals surface area contributed by atoms with Crippen molar-refractivity contribution in [2.24, 2.45) is 7.05 Å². The molecule has 0 saturated carbocycles. The summed E-state index contributed by atoms with van der Waals surface area (Å²) in [5.74, 6) is 0.104. The molecule has 2 rings (SSSR count). The first-order chi connectivity index (χ1) is 9.13. The van der Waals surface area contributed by atoms with Crippen molar-refractivity contribution >= 4 is 11.7 Å². The summed E-state index contributed by atoms with van der Waals surface area (Å²) < 4.78 is 5.04. The summed E-state index contributed by atoms with van der Waals surface area (Å²) in [7, 11) is 1.65. The predicted molar refractivity (Wildman–Crippen MR) is 67.8 cm³/mol. The summed E-state index contributed by atoms with van der Waals surface area (Å²) in [6, 6.07) is 7.41. The average molecular weight is 261 g/mol. The molecule has 19 heavy (non-hydrogen) atoms. The number of carbonyl (C=O) groups excluding carboxylic acids is 1. The molecule has 1 aromatic carbocycles. The van der Waals surface area contributed by atoms with E-state index >= 15 is 0 Å². The first kappa shape index (κ1) is 13.0. The number of nitrogen functional groups attached to an aromatic ring is 1. The highest BCUT2D eigenvalue weighted by atomic mass is 16.5. The Morgan fingerprint density at radius 3 is 2.74 bits per heavy atom. The molecule has 0 atom stereocenters. The monoisotopic (exact) mass is 261 g/mol. The smallest absolute Gasteiger partial charge is 0.306 e. The number of anilines is 1. The van der Waals surface area contributed by atoms with Crippen molar-refractivity contribution in [2.45, 2.75) is 19.4 Å². The maximum atomic E-state index is 11.5. The summed E-state index contributed by atoms with van der Waals surface area (Å²) in [6.45, 7) is 0.0500. The molecule has 0 aliphatic rings. The van der Waals surface area contributed by atoms with Crippen LogP contribution in [0.15, 0.2) is 24.3 Å². The quantitative estimate of drug-likeness (QED) is 0.620. The SMILES string of the molecule is Cn1nnc(COC(=O)CCc2ccc(N)cc2)n1. The molecule has 0 aliphatic heterocycles. The largest absolute Gasteiger partial charge is 0.457 e. The van der Waals surface area contributed by atoms with Gasteiger partial charge in [0, 0.05) is 12.1 Å². The van der Waals surface area contributed by atoms with E-state index < -0.39 is 0 Å². The van der Waals surface area contributed by atoms with Gasteiger partial charge in [-0.05, 0) is 29.3 Å². The Kier molecular flexibility index (Phi) is 4.07. The standard InChI is InChI=1S/C12H15N5O2/c1-17-15-11(14-16-17)8-19-12(18)7-4-9-2-5-10(13)6-3-9/h2-3,5-6H,4,7-8,13H2,1H3. The molecule has 0 spiro atoms. The molecule has 0 fully saturated rings. The van der Waals surface area contributed by atoms with Crippen LogP contribution in [-0.4, -0.2) is 26.2 Å². The van der Waals surface area contributed by atoms with Crippen molar-refractivity contribution in [3.8, 4) is 0 Å². The number of hydrogen-bond acceptors (Lipinski definition) is 6. The predicted octanol–water partition coefficient (Wildman–Crippen LogP) is 0.468. The molecular formula is C12H15N5O2. The van der Waals surface area contributed by atoms with Crippen LogP contribution < -0.4 is 5.73 Å². The first-order valence-corrected chi connectivity index (χ1v) is 5.86. The van der Waals surface area contributed by atoms with E-state index in [9.17, 15) is 4.79 Å². The Morgan fingerprint density at radius 1 is 1.37 bits per heavy atom. The second-order valence-electron chi connectivity index (χ2n) is 4.10. The molecule has 0 bridgehead atoms. The molecule has 0 saturated heterocycles. The molecule has 7 nitrogen and oxygen atoms in total. The van der Waals surface area contributed by atoms with Crippen LogP contribution >= 0.6 is 0 Å². The highest BCUT2D eigenvalue weighted by Gasteiger charge is 2.07. The number of aryl methyl sites for hydroxylation is 2. The van der Waals surface area contributed by atoms with Gasteiger partial charge in [0.1, 0.15) is 0 Å². The minimum atomic E-state index is -0.288. The number of aromatic nitrogens is 4. The van der Waals surface area contributed by atoms with Gasteiger partial charge in [-0.1, -0.05) is 12.1 Å². The first-order valence-electron chi connectivity index (χ1n) is 5.86. The second kappa shape index (κ2) is 5.94. The van der Waals surface area contributed by atoms with Crippen LogP contribution in [0.25, 0.3) is 0 Å². The van der Waals surface area contributed by atoms with Gasteiger partial charge in [0.15, 0.2) is 6.61 Å². The number of ether oxygens (including phenoxy) is 1. The van der Waals surface area contributed by atoms with E-state index in [4.69, 9.17) is 10.5 Å². The van der Waals surface area contributed by atoms with E-state index in [0.717, 1.165) is 5.56 Å². The minimum absolute atomic E-state index is 0.0500. The molecular weight excluding hydrogens is 246 g/mol. The third-order valence-corrected chi connectivity index (χ3v) is 2.51. The van der Waals surface area contributed by atoms with Crippen LogP contribution in [0.5, 0.6) is 0 Å². The number of esters is 1. The Bertz CT molecular complexity index is 550. The van der Waals surface area contributed by atoms with E-state index in [1.165, 1.54) is 4.80 Å². The van der Waals surface area contributed by atoms with Crippen LogP contribution in [0.4, 0.5) is 5.69 Å². The van der Waals surface area contributed by atoms with Crippen LogP contribution in [0.1, 0.15) is 17.8 Å². The fraction of sp³-hybridized carbons (Fsp3) is 0.333. The molecule has 0 radical (unpaired) electrons. The van der Waals surface area contributed by atoms with Gasteiger partial charge in [-0.25, -0.2) is 0 Å². The van der Waals surface area contributed by atoms with Gasteiger partial charge in [-0.3, -0.25) is 4.79 Å². The zero-order valence-electron chi connectivity index (χ0n) is 10.6. The lowest BCUT2D eigenvalue weighted by Crippen LogP contribution is -2.07. The van der Waals surface area contributed by atoms with Crippen LogP contribution in [-0.2, 0) is 29.6 Å². The van der Waals surface area contributed by atoms with Gasteiger partial charge in [0.25, 0.3) is 0 Å². The number of carbonyl (C=O) groups is 1. The summed E-state index contributed by atoms with van der Waals surface area (Å²) in [5.41, 5.74) is 7.34. The maximum absolute atomic E-state index is 11.5. The van der Waals surface area contributed by atoms with E-state index in [-0.39, 0.29) is 12.6 Å². The molecule has 2 N–H and O–H groups in total. The third kappa shape index (κ3) is 4.06. The molecule has 2 aromatic rings. The molecule has 0 unspecified atom stereocenters. The fourth-order valence-electron chi connectivity index (χ4n) is 1.53. The molecule has 1 heterocycles. The third-order valence-electron chi connectivity index (χ3n) is 2.51. The number of hydrogen-bond donors (Lipinski definition) is 1. The molecule has 100 valence electrons. The Labute approximate surface area is 110 Å². The van der Waals surface area contributed by atoms with Crippen LogP contribution in [0.3, 0.4) is 0 Å². The molecule has 0 amide bonds. The van der Waals surface area contributed by atoms with Crippen molar-refractivity contribution in [3.63, 3.8) is 0 Å². The summed E-state index contributed by atoms with van der Waals surface area (Å²) in [4.78, 5) is 12.9. The van der Waals surface area contributed by atoms with Crippen molar-refractivity contribution in [1.82, 2.24) is 20.2 Å². The van der Waals surface area contributed by atoms with Crippen LogP contribution in [0.2, 0.25) is 0 Å². The van der Waals surface area contributed by atoms with Gasteiger partial charge >= 0.3 is 5.97 Å². The number of tetrazole rings is 1. The van der Waals surface area contributed by atoms with Gasteiger partial charge in [-0.15, -0.1) is 10.2 Å². The van der Waals surface area contributed by atoms with Crippen molar-refractivity contribution in [3.05, 3.63) is 35.7 Å². The lowest BCUT2D eigenvalue weighted by Gasteiger charge is -2.03. The van der Waals surface area contributed by atoms with Gasteiger partial charge in [0.05, 0.1) is 7.05 Å². The van der Waals surface area contributed by atoms with Gasteiger partial charge in [-0.2, -0.15) is 4.80 Å². The van der Waals surface area contributed by atoms with Gasteiger partial charge in [0.2, 0.25) is 5.82 Å². The van der Waals surface area contributed by atoms with Crippen molar-refractivity contribution < 1.29 is 9.53 Å². The van der Waals surface area contributed by atoms with Crippen LogP contribution in [0, 0.1) is 0 Å². The highest BCUT2D eigenvalue weighted by Crippen LogP contribution is 2.08. The highest BCUT2D eigenvalue weighted by molar-refractivity contribution is 5.69. The average Bonchev–Trinajstić information content (AvgIpc) is 2.81. The zero-order chi connectivity index (χ0) is 13.7. The van der Waals surface area contributed by atoms with E-state index in [2.05, 4.69) is 15.4 Å². The van der Waals surface area contributed by atoms with Crippen molar-refractivity contribution in [1.29, 1.82) is 0 Å². The van der Waals surface area contributed by atoms with E-state index in [0.29, 0.717) is 24.4 Å². The van der Waals surface area contributed by atoms with Gasteiger partial charge < -0.3 is 10.5 Å². The topological polar surface area (TPSA) is 95.9 Å². The number of nitrogens with two attached hydrogens (primary N) is 1. The Hall–Kier alpha value is -2.44. The number of rotatable bonds is 5. The van der Waals surface area contributed by atoms with E-state index in [1.807, 2.05) is 24.3 Å². The Balaban J connectivity index is 1.74. The molecule has 7 heteroatoms. The van der Waals surface area contributed by atoms with Crippen molar-refractivity contribution in [2.75, 3.05) is 5.73 Å². The summed E-state index contributed by atoms with van der Waals surface area (Å²) in [5, 5.41) is 11.3. The Morgan fingerprint density at radius 2 is 2.11 bits per heavy atom. The lowest BCUT2D eigenvalue weighted by molar-refractivity contribution is -0.145. The number of benzene rings is 1. The maximum Gasteiger partial charge on any atom is 0.306 e. The fourth-order valence-corrected chi connectivity index (χ4v) is 1.53. The normalized spacial score (nSPS) is 10.4. The number of nitrogens with zero attached hydrogens (tertiary/aromatic N) is 4. The minimum Gasteiger partial charge on any atom is -0.457 e. The molecule has 1 aromatic heterocycles. The zero-order valence-corrected chi connectivity index (χ0v) is 10.6. The summed E-state index contributed by atoms with van der Waals surface area (Å²) >= 11 is 0. The lowest BCUT2D eigenvalue weighted by atomic mass is 10.1. The van der Waals surface area contributed by atoms with E-state index in [1.54, 1.807) is 7.05 Å².